The van der Waals surface area contributed by atoms with Crippen LogP contribution in [-0.4, -0.2) is 16.2 Å². The molecule has 0 aliphatic rings. The zero-order chi connectivity index (χ0) is 11.5. The first kappa shape index (κ1) is 11.6. The van der Waals surface area contributed by atoms with E-state index in [0.717, 1.165) is 22.1 Å². The Morgan fingerprint density at radius 1 is 1.56 bits per heavy atom. The molecule has 0 amide bonds. The fourth-order valence-corrected chi connectivity index (χ4v) is 2.32. The molecule has 0 aromatic carbocycles. The predicted octanol–water partition coefficient (Wildman–Crippen LogP) is 3.29. The van der Waals surface area contributed by atoms with Crippen LogP contribution in [0.3, 0.4) is 0 Å². The highest BCUT2D eigenvalue weighted by Crippen LogP contribution is 2.29. The van der Waals surface area contributed by atoms with Crippen LogP contribution in [0.4, 0.5) is 0 Å². The lowest BCUT2D eigenvalue weighted by Crippen LogP contribution is -2.21. The van der Waals surface area contributed by atoms with Crippen molar-refractivity contribution in [3.05, 3.63) is 27.5 Å². The van der Waals surface area contributed by atoms with E-state index in [1.807, 2.05) is 17.6 Å². The van der Waals surface area contributed by atoms with Gasteiger partial charge in [0.05, 0.1) is 16.2 Å². The van der Waals surface area contributed by atoms with Gasteiger partial charge in [-0.25, -0.2) is 0 Å². The topological polar surface area (TPSA) is 40.7 Å². The zero-order valence-electron chi connectivity index (χ0n) is 9.25. The Kier molecular flexibility index (Phi) is 3.63. The maximum atomic E-state index is 5.93. The molecule has 5 heteroatoms. The Balaban J connectivity index is 2.19. The highest BCUT2D eigenvalue weighted by atomic mass is 35.5. The molecule has 86 valence electrons. The Labute approximate surface area is 104 Å². The molecule has 0 saturated carbocycles. The molecule has 0 unspecified atom stereocenters. The van der Waals surface area contributed by atoms with Crippen molar-refractivity contribution < 1.29 is 0 Å². The van der Waals surface area contributed by atoms with Crippen molar-refractivity contribution in [2.75, 3.05) is 0 Å². The van der Waals surface area contributed by atoms with E-state index in [4.69, 9.17) is 11.6 Å². The number of aromatic nitrogens is 2. The molecular formula is C11H14ClN3S. The highest BCUT2D eigenvalue weighted by Gasteiger charge is 2.09. The van der Waals surface area contributed by atoms with Gasteiger partial charge in [0.25, 0.3) is 0 Å². The van der Waals surface area contributed by atoms with Crippen molar-refractivity contribution in [2.24, 2.45) is 0 Å². The van der Waals surface area contributed by atoms with E-state index in [1.165, 1.54) is 16.9 Å². The summed E-state index contributed by atoms with van der Waals surface area (Å²) in [6.07, 6.45) is 1.86. The molecule has 2 aromatic heterocycles. The van der Waals surface area contributed by atoms with Gasteiger partial charge < -0.3 is 5.32 Å². The van der Waals surface area contributed by atoms with E-state index >= 15 is 0 Å². The molecule has 2 heterocycles. The number of hydrogen-bond acceptors (Lipinski definition) is 3. The summed E-state index contributed by atoms with van der Waals surface area (Å²) in [5, 5.41) is 12.5. The van der Waals surface area contributed by atoms with Gasteiger partial charge >= 0.3 is 0 Å². The minimum atomic E-state index is 0.466. The van der Waals surface area contributed by atoms with Crippen LogP contribution in [0.2, 0.25) is 4.34 Å². The number of hydrogen-bond donors (Lipinski definition) is 2. The van der Waals surface area contributed by atoms with Gasteiger partial charge in [-0.2, -0.15) is 5.10 Å². The summed E-state index contributed by atoms with van der Waals surface area (Å²) in [6.45, 7) is 5.07. The lowest BCUT2D eigenvalue weighted by atomic mass is 10.1. The first-order valence-electron chi connectivity index (χ1n) is 5.17. The van der Waals surface area contributed by atoms with Crippen LogP contribution in [0.15, 0.2) is 17.6 Å². The van der Waals surface area contributed by atoms with Gasteiger partial charge in [0.15, 0.2) is 0 Å². The average molecular weight is 256 g/mol. The van der Waals surface area contributed by atoms with Crippen LogP contribution in [0, 0.1) is 0 Å². The van der Waals surface area contributed by atoms with Gasteiger partial charge in [-0.1, -0.05) is 25.4 Å². The third-order valence-corrected chi connectivity index (χ3v) is 3.37. The monoisotopic (exact) mass is 255 g/mol. The van der Waals surface area contributed by atoms with E-state index in [-0.39, 0.29) is 0 Å². The van der Waals surface area contributed by atoms with Crippen LogP contribution in [0.25, 0.3) is 11.3 Å². The molecule has 0 radical (unpaired) electrons. The number of halogens is 1. The number of nitrogens with zero attached hydrogens (tertiary/aromatic N) is 1. The molecule has 0 saturated heterocycles. The van der Waals surface area contributed by atoms with Crippen LogP contribution in [-0.2, 0) is 6.54 Å². The summed E-state index contributed by atoms with van der Waals surface area (Å²) in [5.41, 5.74) is 3.33. The number of nitrogens with one attached hydrogen (secondary N) is 2. The van der Waals surface area contributed by atoms with Gasteiger partial charge in [0, 0.05) is 29.1 Å². The molecular weight excluding hydrogens is 242 g/mol. The molecule has 2 rings (SSSR count). The van der Waals surface area contributed by atoms with Gasteiger partial charge in [-0.05, 0) is 6.07 Å². The Hall–Kier alpha value is -0.840. The standard InChI is InChI=1S/C11H14ClN3S/c1-7(2)13-4-9-5-14-15-11(9)8-3-10(12)16-6-8/h3,5-7,13H,4H2,1-2H3,(H,14,15). The summed E-state index contributed by atoms with van der Waals surface area (Å²) in [5.74, 6) is 0. The third-order valence-electron chi connectivity index (χ3n) is 2.27. The van der Waals surface area contributed by atoms with Crippen molar-refractivity contribution in [2.45, 2.75) is 26.4 Å². The highest BCUT2D eigenvalue weighted by molar-refractivity contribution is 7.14. The van der Waals surface area contributed by atoms with Crippen molar-refractivity contribution in [3.8, 4) is 11.3 Å². The maximum Gasteiger partial charge on any atom is 0.0935 e. The first-order valence-corrected chi connectivity index (χ1v) is 6.42. The lowest BCUT2D eigenvalue weighted by molar-refractivity contribution is 0.589. The number of rotatable bonds is 4. The van der Waals surface area contributed by atoms with Gasteiger partial charge in [0.2, 0.25) is 0 Å². The van der Waals surface area contributed by atoms with Gasteiger partial charge in [-0.15, -0.1) is 11.3 Å². The molecule has 2 N–H and O–H groups in total. The third kappa shape index (κ3) is 2.64. The van der Waals surface area contributed by atoms with Gasteiger partial charge in [-0.3, -0.25) is 5.10 Å². The van der Waals surface area contributed by atoms with E-state index in [9.17, 15) is 0 Å². The summed E-state index contributed by atoms with van der Waals surface area (Å²) in [7, 11) is 0. The largest absolute Gasteiger partial charge is 0.310 e. The quantitative estimate of drug-likeness (QED) is 0.880. The fraction of sp³-hybridized carbons (Fsp3) is 0.364. The van der Waals surface area contributed by atoms with Crippen LogP contribution >= 0.6 is 22.9 Å². The Morgan fingerprint density at radius 2 is 2.38 bits per heavy atom. The molecule has 0 spiro atoms. The molecule has 2 aromatic rings. The zero-order valence-corrected chi connectivity index (χ0v) is 10.8. The second kappa shape index (κ2) is 4.99. The molecule has 0 aliphatic heterocycles. The predicted molar refractivity (Wildman–Crippen MR) is 68.9 cm³/mol. The molecule has 0 bridgehead atoms. The second-order valence-electron chi connectivity index (χ2n) is 3.95. The minimum Gasteiger partial charge on any atom is -0.310 e. The number of thiophene rings is 1. The lowest BCUT2D eigenvalue weighted by Gasteiger charge is -2.07. The second-order valence-corrected chi connectivity index (χ2v) is 5.49. The van der Waals surface area contributed by atoms with E-state index < -0.39 is 0 Å². The van der Waals surface area contributed by atoms with Crippen LogP contribution in [0.5, 0.6) is 0 Å². The Morgan fingerprint density at radius 3 is 3.00 bits per heavy atom. The van der Waals surface area contributed by atoms with E-state index in [2.05, 4.69) is 29.4 Å². The average Bonchev–Trinajstić information content (AvgIpc) is 2.82. The Bertz CT molecular complexity index is 461. The van der Waals surface area contributed by atoms with E-state index in [0.29, 0.717) is 6.04 Å². The smallest absolute Gasteiger partial charge is 0.0935 e. The molecule has 0 fully saturated rings. The minimum absolute atomic E-state index is 0.466. The summed E-state index contributed by atoms with van der Waals surface area (Å²) >= 11 is 7.46. The molecule has 3 nitrogen and oxygen atoms in total. The first-order chi connectivity index (χ1) is 7.66. The summed E-state index contributed by atoms with van der Waals surface area (Å²) in [4.78, 5) is 0. The fourth-order valence-electron chi connectivity index (χ4n) is 1.45. The SMILES string of the molecule is CC(C)NCc1cn[nH]c1-c1csc(Cl)c1. The van der Waals surface area contributed by atoms with Crippen LogP contribution < -0.4 is 5.32 Å². The summed E-state index contributed by atoms with van der Waals surface area (Å²) < 4.78 is 0.798. The number of aromatic amines is 1. The van der Waals surface area contributed by atoms with Crippen molar-refractivity contribution in [1.82, 2.24) is 15.5 Å². The maximum absolute atomic E-state index is 5.93. The summed E-state index contributed by atoms with van der Waals surface area (Å²) in [6, 6.07) is 2.42. The van der Waals surface area contributed by atoms with Crippen LogP contribution in [0.1, 0.15) is 19.4 Å². The molecule has 0 atom stereocenters. The van der Waals surface area contributed by atoms with Crippen molar-refractivity contribution in [1.29, 1.82) is 0 Å². The van der Waals surface area contributed by atoms with E-state index in [1.54, 1.807) is 0 Å². The molecule has 16 heavy (non-hydrogen) atoms. The van der Waals surface area contributed by atoms with Gasteiger partial charge in [0.1, 0.15) is 0 Å². The van der Waals surface area contributed by atoms with Crippen molar-refractivity contribution in [3.63, 3.8) is 0 Å². The van der Waals surface area contributed by atoms with Crippen molar-refractivity contribution >= 4 is 22.9 Å². The normalized spacial score (nSPS) is 11.2. The number of H-pyrrole nitrogens is 1. The molecule has 0 aliphatic carbocycles.